The lowest BCUT2D eigenvalue weighted by Gasteiger charge is -2.26. The number of halogens is 2. The van der Waals surface area contributed by atoms with Crippen LogP contribution in [0.2, 0.25) is 5.02 Å². The minimum absolute atomic E-state index is 0.0412. The molecule has 4 rings (SSSR count). The first kappa shape index (κ1) is 28.5. The molecule has 0 unspecified atom stereocenters. The van der Waals surface area contributed by atoms with Gasteiger partial charge in [0.25, 0.3) is 5.91 Å². The van der Waals surface area contributed by atoms with Gasteiger partial charge >= 0.3 is 0 Å². The molecule has 0 spiro atoms. The van der Waals surface area contributed by atoms with E-state index in [1.54, 1.807) is 55.1 Å². The van der Waals surface area contributed by atoms with Gasteiger partial charge in [0.05, 0.1) is 17.3 Å². The van der Waals surface area contributed by atoms with Crippen molar-refractivity contribution >= 4 is 52.7 Å². The number of amides is 3. The average Bonchev–Trinajstić information content (AvgIpc) is 3.29. The fourth-order valence-corrected chi connectivity index (χ4v) is 4.43. The largest absolute Gasteiger partial charge is 0.371 e. The quantitative estimate of drug-likeness (QED) is 0.325. The molecule has 3 aromatic rings. The minimum Gasteiger partial charge on any atom is -0.371 e. The third-order valence-corrected chi connectivity index (χ3v) is 6.59. The van der Waals surface area contributed by atoms with Gasteiger partial charge in [0.1, 0.15) is 19.0 Å². The number of nitrogens with zero attached hydrogens (tertiary/aromatic N) is 3. The summed E-state index contributed by atoms with van der Waals surface area (Å²) in [5, 5.41) is 8.73. The lowest BCUT2D eigenvalue weighted by Crippen LogP contribution is -2.45. The zero-order valence-corrected chi connectivity index (χ0v) is 22.7. The molecule has 1 aliphatic rings. The Morgan fingerprint density at radius 3 is 2.75 bits per heavy atom. The Morgan fingerprint density at radius 2 is 2.05 bits per heavy atom. The summed E-state index contributed by atoms with van der Waals surface area (Å²) >= 11 is 5.80. The first-order valence-electron chi connectivity index (χ1n) is 12.5. The molecule has 1 aliphatic heterocycles. The SMILES string of the molecule is CC(C)N(CC(=O)NCc1cccc(Cl)c1F)C(=O)Cn1cc(C=O)c2cc(C(=O)NC3=CNCN=C3)ccc21. The molecule has 3 N–H and O–H groups in total. The van der Waals surface area contributed by atoms with Crippen LogP contribution in [0.1, 0.15) is 40.1 Å². The number of fused-ring (bicyclic) bond motifs is 1. The molecule has 0 radical (unpaired) electrons. The van der Waals surface area contributed by atoms with Crippen molar-refractivity contribution in [1.82, 2.24) is 25.4 Å². The van der Waals surface area contributed by atoms with Crippen molar-refractivity contribution in [3.8, 4) is 0 Å². The van der Waals surface area contributed by atoms with Gasteiger partial charge in [0.2, 0.25) is 11.8 Å². The van der Waals surface area contributed by atoms with Crippen LogP contribution in [-0.2, 0) is 22.7 Å². The fraction of sp³-hybridized carbons (Fsp3) is 0.250. The molecule has 0 fully saturated rings. The van der Waals surface area contributed by atoms with Gasteiger partial charge < -0.3 is 25.4 Å². The first-order valence-corrected chi connectivity index (χ1v) is 12.9. The number of rotatable bonds is 10. The van der Waals surface area contributed by atoms with Gasteiger partial charge in [0, 0.05) is 58.8 Å². The van der Waals surface area contributed by atoms with E-state index in [0.29, 0.717) is 40.7 Å². The molecule has 1 aromatic heterocycles. The zero-order valence-electron chi connectivity index (χ0n) is 21.9. The minimum atomic E-state index is -0.607. The van der Waals surface area contributed by atoms with E-state index in [-0.39, 0.29) is 48.1 Å². The summed E-state index contributed by atoms with van der Waals surface area (Å²) in [5.74, 6) is -1.80. The van der Waals surface area contributed by atoms with Crippen LogP contribution in [0.3, 0.4) is 0 Å². The summed E-state index contributed by atoms with van der Waals surface area (Å²) in [6, 6.07) is 9.06. The second-order valence-corrected chi connectivity index (χ2v) is 9.80. The number of benzene rings is 2. The summed E-state index contributed by atoms with van der Waals surface area (Å²) < 4.78 is 15.7. The van der Waals surface area contributed by atoms with Crippen LogP contribution in [0.15, 0.2) is 59.5 Å². The van der Waals surface area contributed by atoms with Gasteiger partial charge in [-0.05, 0) is 38.1 Å². The number of nitrogens with one attached hydrogen (secondary N) is 3. The van der Waals surface area contributed by atoms with Crippen LogP contribution in [0.4, 0.5) is 4.39 Å². The average molecular weight is 567 g/mol. The lowest BCUT2D eigenvalue weighted by atomic mass is 10.1. The number of aliphatic imine (C=N–C) groups is 1. The Morgan fingerprint density at radius 1 is 1.25 bits per heavy atom. The molecule has 0 saturated carbocycles. The number of aromatic nitrogens is 1. The van der Waals surface area contributed by atoms with Gasteiger partial charge in [-0.3, -0.25) is 24.2 Å². The van der Waals surface area contributed by atoms with E-state index in [1.165, 1.54) is 23.2 Å². The monoisotopic (exact) mass is 566 g/mol. The fourth-order valence-electron chi connectivity index (χ4n) is 4.24. The Kier molecular flexibility index (Phi) is 8.95. The Balaban J connectivity index is 1.46. The van der Waals surface area contributed by atoms with Crippen molar-refractivity contribution in [2.75, 3.05) is 13.2 Å². The van der Waals surface area contributed by atoms with E-state index in [2.05, 4.69) is 20.9 Å². The van der Waals surface area contributed by atoms with E-state index in [9.17, 15) is 23.6 Å². The predicted molar refractivity (Wildman–Crippen MR) is 149 cm³/mol. The normalized spacial score (nSPS) is 12.6. The van der Waals surface area contributed by atoms with Crippen LogP contribution in [0.25, 0.3) is 10.9 Å². The number of aldehydes is 1. The zero-order chi connectivity index (χ0) is 28.8. The summed E-state index contributed by atoms with van der Waals surface area (Å²) in [5.41, 5.74) is 1.96. The number of hydrogen-bond acceptors (Lipinski definition) is 6. The topological polar surface area (TPSA) is 125 Å². The highest BCUT2D eigenvalue weighted by atomic mass is 35.5. The number of carbonyl (C=O) groups excluding carboxylic acids is 4. The van der Waals surface area contributed by atoms with Crippen molar-refractivity contribution in [1.29, 1.82) is 0 Å². The number of carbonyl (C=O) groups is 4. The van der Waals surface area contributed by atoms with E-state index < -0.39 is 11.7 Å². The maximum absolute atomic E-state index is 14.1. The smallest absolute Gasteiger partial charge is 0.255 e. The Hall–Kier alpha value is -4.51. The third-order valence-electron chi connectivity index (χ3n) is 6.30. The molecule has 10 nitrogen and oxygen atoms in total. The highest BCUT2D eigenvalue weighted by Crippen LogP contribution is 2.23. The molecule has 3 amide bonds. The standard InChI is InChI=1S/C28H28ClFN6O4/c1-17(2)36(13-25(38)33-9-19-4-3-5-23(29)27(19)30)26(39)14-35-12-20(15-37)22-8-18(6-7-24(22)35)28(40)34-21-10-31-16-32-11-21/h3-8,10-12,15,17,31H,9,13-14,16H2,1-2H3,(H,33,38)(H,34,40). The Bertz CT molecular complexity index is 1530. The van der Waals surface area contributed by atoms with Gasteiger partial charge in [-0.25, -0.2) is 4.39 Å². The van der Waals surface area contributed by atoms with E-state index in [1.807, 2.05) is 0 Å². The van der Waals surface area contributed by atoms with Crippen LogP contribution >= 0.6 is 11.6 Å². The third kappa shape index (κ3) is 6.55. The molecule has 2 aromatic carbocycles. The molecule has 0 bridgehead atoms. The Labute approximate surface area is 234 Å². The van der Waals surface area contributed by atoms with Crippen molar-refractivity contribution in [3.63, 3.8) is 0 Å². The molecule has 0 saturated heterocycles. The number of hydrogen-bond donors (Lipinski definition) is 3. The van der Waals surface area contributed by atoms with Crippen molar-refractivity contribution in [2.45, 2.75) is 33.0 Å². The van der Waals surface area contributed by atoms with Crippen LogP contribution in [-0.4, -0.2) is 58.9 Å². The van der Waals surface area contributed by atoms with Crippen molar-refractivity contribution in [2.24, 2.45) is 4.99 Å². The van der Waals surface area contributed by atoms with Crippen LogP contribution in [0.5, 0.6) is 0 Å². The van der Waals surface area contributed by atoms with E-state index >= 15 is 0 Å². The predicted octanol–water partition coefficient (Wildman–Crippen LogP) is 3.00. The van der Waals surface area contributed by atoms with Gasteiger partial charge in [0.15, 0.2) is 6.29 Å². The molecule has 12 heteroatoms. The maximum atomic E-state index is 14.1. The summed E-state index contributed by atoms with van der Waals surface area (Å²) in [6.45, 7) is 3.53. The van der Waals surface area contributed by atoms with Crippen molar-refractivity contribution in [3.05, 3.63) is 82.0 Å². The van der Waals surface area contributed by atoms with E-state index in [0.717, 1.165) is 0 Å². The maximum Gasteiger partial charge on any atom is 0.255 e. The van der Waals surface area contributed by atoms with Crippen molar-refractivity contribution < 1.29 is 23.6 Å². The molecular formula is C28H28ClFN6O4. The van der Waals surface area contributed by atoms with Crippen LogP contribution in [0, 0.1) is 5.82 Å². The molecule has 0 aliphatic carbocycles. The molecule has 208 valence electrons. The second-order valence-electron chi connectivity index (χ2n) is 9.39. The number of allylic oxidation sites excluding steroid dienone is 1. The second kappa shape index (κ2) is 12.6. The van der Waals surface area contributed by atoms with E-state index in [4.69, 9.17) is 11.6 Å². The molecule has 40 heavy (non-hydrogen) atoms. The van der Waals surface area contributed by atoms with Gasteiger partial charge in [-0.1, -0.05) is 23.7 Å². The molecule has 2 heterocycles. The van der Waals surface area contributed by atoms with Gasteiger partial charge in [-0.15, -0.1) is 0 Å². The van der Waals surface area contributed by atoms with Gasteiger partial charge in [-0.2, -0.15) is 0 Å². The summed E-state index contributed by atoms with van der Waals surface area (Å²) in [6.07, 6.45) is 5.38. The summed E-state index contributed by atoms with van der Waals surface area (Å²) in [7, 11) is 0. The molecular weight excluding hydrogens is 539 g/mol. The van der Waals surface area contributed by atoms with Crippen LogP contribution < -0.4 is 16.0 Å². The summed E-state index contributed by atoms with van der Waals surface area (Å²) in [4.78, 5) is 55.9. The highest BCUT2D eigenvalue weighted by Gasteiger charge is 2.22. The molecule has 0 atom stereocenters. The lowest BCUT2D eigenvalue weighted by molar-refractivity contribution is -0.138. The first-order chi connectivity index (χ1) is 19.2. The highest BCUT2D eigenvalue weighted by molar-refractivity contribution is 6.30.